The van der Waals surface area contributed by atoms with Crippen LogP contribution in [0.1, 0.15) is 52.1 Å². The molecule has 3 unspecified atom stereocenters. The molecule has 3 atom stereocenters. The zero-order valence-corrected chi connectivity index (χ0v) is 18.6. The SMILES string of the molecule is NCc1ccc(C(=O)N2CC(c3ccccc3)CC2C(=O)N2CCC(c3ccccc3)C2)o1. The summed E-state index contributed by atoms with van der Waals surface area (Å²) in [6.45, 7) is 2.13. The van der Waals surface area contributed by atoms with Crippen molar-refractivity contribution in [3.05, 3.63) is 95.4 Å². The van der Waals surface area contributed by atoms with Crippen LogP contribution < -0.4 is 5.73 Å². The molecule has 0 radical (unpaired) electrons. The summed E-state index contributed by atoms with van der Waals surface area (Å²) in [6, 6.07) is 23.4. The Balaban J connectivity index is 1.37. The first kappa shape index (κ1) is 21.5. The summed E-state index contributed by atoms with van der Waals surface area (Å²) in [4.78, 5) is 30.7. The lowest BCUT2D eigenvalue weighted by atomic mass is 9.96. The van der Waals surface area contributed by atoms with E-state index in [0.29, 0.717) is 37.7 Å². The fourth-order valence-electron chi connectivity index (χ4n) is 5.17. The van der Waals surface area contributed by atoms with Gasteiger partial charge in [0.25, 0.3) is 5.91 Å². The lowest BCUT2D eigenvalue weighted by Crippen LogP contribution is -2.47. The molecule has 0 saturated carbocycles. The second-order valence-electron chi connectivity index (χ2n) is 8.97. The number of carbonyl (C=O) groups is 2. The van der Waals surface area contributed by atoms with E-state index in [4.69, 9.17) is 10.2 Å². The monoisotopic (exact) mass is 443 g/mol. The maximum absolute atomic E-state index is 13.7. The number of likely N-dealkylation sites (tertiary alicyclic amines) is 2. The summed E-state index contributed by atoms with van der Waals surface area (Å²) in [5.41, 5.74) is 8.07. The first-order chi connectivity index (χ1) is 16.1. The van der Waals surface area contributed by atoms with Gasteiger partial charge >= 0.3 is 0 Å². The van der Waals surface area contributed by atoms with Gasteiger partial charge in [0.05, 0.1) is 6.54 Å². The lowest BCUT2D eigenvalue weighted by Gasteiger charge is -2.27. The van der Waals surface area contributed by atoms with Gasteiger partial charge in [-0.15, -0.1) is 0 Å². The molecule has 0 spiro atoms. The summed E-state index contributed by atoms with van der Waals surface area (Å²) in [6.07, 6.45) is 1.56. The molecule has 2 N–H and O–H groups in total. The number of benzene rings is 2. The van der Waals surface area contributed by atoms with Crippen LogP contribution in [0, 0.1) is 0 Å². The highest BCUT2D eigenvalue weighted by Gasteiger charge is 2.44. The number of nitrogens with two attached hydrogens (primary N) is 1. The second-order valence-corrected chi connectivity index (χ2v) is 8.97. The number of amides is 2. The van der Waals surface area contributed by atoms with Crippen LogP contribution in [0.4, 0.5) is 0 Å². The molecule has 2 fully saturated rings. The Hall–Kier alpha value is -3.38. The number of nitrogens with zero attached hydrogens (tertiary/aromatic N) is 2. The molecule has 2 aliphatic rings. The molecule has 170 valence electrons. The molecule has 1 aromatic heterocycles. The Kier molecular flexibility index (Phi) is 6.01. The number of carbonyl (C=O) groups excluding carboxylic acids is 2. The van der Waals surface area contributed by atoms with Crippen molar-refractivity contribution in [1.29, 1.82) is 0 Å². The first-order valence-corrected chi connectivity index (χ1v) is 11.6. The van der Waals surface area contributed by atoms with E-state index in [1.165, 1.54) is 5.56 Å². The van der Waals surface area contributed by atoms with Gasteiger partial charge in [-0.1, -0.05) is 60.7 Å². The van der Waals surface area contributed by atoms with Gasteiger partial charge in [0.15, 0.2) is 5.76 Å². The first-order valence-electron chi connectivity index (χ1n) is 11.6. The molecule has 3 aromatic rings. The van der Waals surface area contributed by atoms with E-state index in [2.05, 4.69) is 24.3 Å². The van der Waals surface area contributed by atoms with Crippen molar-refractivity contribution in [3.63, 3.8) is 0 Å². The van der Waals surface area contributed by atoms with Crippen LogP contribution >= 0.6 is 0 Å². The largest absolute Gasteiger partial charge is 0.455 e. The van der Waals surface area contributed by atoms with E-state index in [1.807, 2.05) is 41.3 Å². The molecule has 33 heavy (non-hydrogen) atoms. The maximum Gasteiger partial charge on any atom is 0.290 e. The third kappa shape index (κ3) is 4.31. The number of furan rings is 1. The topological polar surface area (TPSA) is 79.8 Å². The van der Waals surface area contributed by atoms with Crippen molar-refractivity contribution in [2.75, 3.05) is 19.6 Å². The van der Waals surface area contributed by atoms with Crippen LogP contribution in [0.3, 0.4) is 0 Å². The van der Waals surface area contributed by atoms with Gasteiger partial charge in [-0.2, -0.15) is 0 Å². The highest BCUT2D eigenvalue weighted by Crippen LogP contribution is 2.36. The van der Waals surface area contributed by atoms with Crippen LogP contribution in [0.5, 0.6) is 0 Å². The van der Waals surface area contributed by atoms with Gasteiger partial charge in [0.2, 0.25) is 5.91 Å². The molecule has 2 aromatic carbocycles. The second kappa shape index (κ2) is 9.24. The molecule has 0 aliphatic carbocycles. The Labute approximate surface area is 194 Å². The Morgan fingerprint density at radius 2 is 1.55 bits per heavy atom. The Morgan fingerprint density at radius 3 is 2.18 bits per heavy atom. The standard InChI is InChI=1S/C27H29N3O3/c28-16-23-11-12-25(33-23)27(32)30-18-22(20-9-5-2-6-10-20)15-24(30)26(31)29-14-13-21(17-29)19-7-3-1-4-8-19/h1-12,21-22,24H,13-18,28H2. The van der Waals surface area contributed by atoms with Crippen molar-refractivity contribution in [1.82, 2.24) is 9.80 Å². The van der Waals surface area contributed by atoms with E-state index >= 15 is 0 Å². The van der Waals surface area contributed by atoms with E-state index in [-0.39, 0.29) is 30.0 Å². The van der Waals surface area contributed by atoms with Crippen LogP contribution in [0.2, 0.25) is 0 Å². The van der Waals surface area contributed by atoms with Crippen LogP contribution in [0.25, 0.3) is 0 Å². The predicted octanol–water partition coefficient (Wildman–Crippen LogP) is 3.75. The van der Waals surface area contributed by atoms with Crippen molar-refractivity contribution in [2.24, 2.45) is 5.73 Å². The summed E-state index contributed by atoms with van der Waals surface area (Å²) in [7, 11) is 0. The normalized spacial score (nSPS) is 22.6. The molecule has 2 amide bonds. The van der Waals surface area contributed by atoms with Gasteiger partial charge in [-0.25, -0.2) is 0 Å². The predicted molar refractivity (Wildman–Crippen MR) is 126 cm³/mol. The molecular formula is C27H29N3O3. The van der Waals surface area contributed by atoms with Gasteiger partial charge < -0.3 is 20.0 Å². The quantitative estimate of drug-likeness (QED) is 0.651. The zero-order valence-electron chi connectivity index (χ0n) is 18.6. The van der Waals surface area contributed by atoms with Gasteiger partial charge in [0, 0.05) is 31.5 Å². The molecule has 2 saturated heterocycles. The molecule has 5 rings (SSSR count). The summed E-state index contributed by atoms with van der Waals surface area (Å²) < 4.78 is 5.64. The lowest BCUT2D eigenvalue weighted by molar-refractivity contribution is -0.134. The Morgan fingerprint density at radius 1 is 0.879 bits per heavy atom. The average Bonchev–Trinajstić information content (AvgIpc) is 3.64. The van der Waals surface area contributed by atoms with Crippen molar-refractivity contribution in [3.8, 4) is 0 Å². The molecule has 3 heterocycles. The van der Waals surface area contributed by atoms with E-state index in [0.717, 1.165) is 12.0 Å². The fourth-order valence-corrected chi connectivity index (χ4v) is 5.17. The molecule has 0 bridgehead atoms. The van der Waals surface area contributed by atoms with E-state index in [1.54, 1.807) is 17.0 Å². The van der Waals surface area contributed by atoms with Crippen molar-refractivity contribution < 1.29 is 14.0 Å². The molecule has 2 aliphatic heterocycles. The zero-order chi connectivity index (χ0) is 22.8. The number of rotatable bonds is 5. The van der Waals surface area contributed by atoms with Crippen LogP contribution in [-0.4, -0.2) is 47.3 Å². The summed E-state index contributed by atoms with van der Waals surface area (Å²) in [5.74, 6) is 1.04. The smallest absolute Gasteiger partial charge is 0.290 e. The number of hydrogen-bond acceptors (Lipinski definition) is 4. The van der Waals surface area contributed by atoms with E-state index in [9.17, 15) is 9.59 Å². The minimum absolute atomic E-state index is 0.0332. The van der Waals surface area contributed by atoms with Crippen molar-refractivity contribution >= 4 is 11.8 Å². The van der Waals surface area contributed by atoms with E-state index < -0.39 is 6.04 Å². The average molecular weight is 444 g/mol. The maximum atomic E-state index is 13.7. The minimum atomic E-state index is -0.497. The summed E-state index contributed by atoms with van der Waals surface area (Å²) in [5, 5.41) is 0. The minimum Gasteiger partial charge on any atom is -0.455 e. The fraction of sp³-hybridized carbons (Fsp3) is 0.333. The molecule has 6 nitrogen and oxygen atoms in total. The molecular weight excluding hydrogens is 414 g/mol. The van der Waals surface area contributed by atoms with Gasteiger partial charge in [-0.3, -0.25) is 9.59 Å². The van der Waals surface area contributed by atoms with Crippen molar-refractivity contribution in [2.45, 2.75) is 37.3 Å². The van der Waals surface area contributed by atoms with Crippen LogP contribution in [-0.2, 0) is 11.3 Å². The highest BCUT2D eigenvalue weighted by molar-refractivity contribution is 5.96. The number of hydrogen-bond donors (Lipinski definition) is 1. The molecule has 6 heteroatoms. The van der Waals surface area contributed by atoms with Gasteiger partial charge in [-0.05, 0) is 36.1 Å². The summed E-state index contributed by atoms with van der Waals surface area (Å²) >= 11 is 0. The third-order valence-electron chi connectivity index (χ3n) is 6.96. The van der Waals surface area contributed by atoms with Gasteiger partial charge in [0.1, 0.15) is 11.8 Å². The Bertz CT molecular complexity index is 1110. The third-order valence-corrected chi connectivity index (χ3v) is 6.96. The highest BCUT2D eigenvalue weighted by atomic mass is 16.4. The van der Waals surface area contributed by atoms with Crippen LogP contribution in [0.15, 0.2) is 77.2 Å².